The Kier molecular flexibility index (Phi) is 1.85. The fourth-order valence-electron chi connectivity index (χ4n) is 0.545. The first-order valence-corrected chi connectivity index (χ1v) is 2.76. The third kappa shape index (κ3) is 1.93. The minimum absolute atomic E-state index is 0.232. The van der Waals surface area contributed by atoms with Crippen LogP contribution in [0.25, 0.3) is 0 Å². The minimum Gasteiger partial charge on any atom is -0.244 e. The number of aromatic nitrogens is 1. The molecule has 11 heavy (non-hydrogen) atoms. The number of nitrogens with zero attached hydrogens (tertiary/aromatic N) is 1. The molecule has 1 rings (SSSR count). The van der Waals surface area contributed by atoms with Crippen molar-refractivity contribution in [3.8, 4) is 0 Å². The molecule has 0 N–H and O–H groups in total. The fourth-order valence-corrected chi connectivity index (χ4v) is 0.545. The van der Waals surface area contributed by atoms with E-state index in [0.717, 1.165) is 0 Å². The van der Waals surface area contributed by atoms with Gasteiger partial charge in [-0.25, -0.2) is 4.98 Å². The van der Waals surface area contributed by atoms with Gasteiger partial charge in [0, 0.05) is 6.07 Å². The number of alkyl halides is 3. The van der Waals surface area contributed by atoms with Gasteiger partial charge in [0.15, 0.2) is 0 Å². The summed E-state index contributed by atoms with van der Waals surface area (Å²) in [5.74, 6) is 0. The lowest BCUT2D eigenvalue weighted by Gasteiger charge is -2.03. The molecule has 1 heterocycles. The lowest BCUT2D eigenvalue weighted by Crippen LogP contribution is -2.06. The van der Waals surface area contributed by atoms with Gasteiger partial charge in [0.2, 0.25) is 0 Å². The first-order valence-electron chi connectivity index (χ1n) is 2.76. The predicted octanol–water partition coefficient (Wildman–Crippen LogP) is 1.81. The van der Waals surface area contributed by atoms with Crippen molar-refractivity contribution >= 4 is 0 Å². The van der Waals surface area contributed by atoms with Crippen LogP contribution in [-0.4, -0.2) is 4.98 Å². The summed E-state index contributed by atoms with van der Waals surface area (Å²) in [5.41, 5.74) is -0.746. The largest absolute Gasteiger partial charge is 0.419 e. The van der Waals surface area contributed by atoms with Gasteiger partial charge in [0.1, 0.15) is 6.20 Å². The summed E-state index contributed by atoms with van der Waals surface area (Å²) >= 11 is 0. The third-order valence-electron chi connectivity index (χ3n) is 0.987. The predicted molar refractivity (Wildman–Crippen MR) is 30.5 cm³/mol. The average Bonchev–Trinajstić information content (AvgIpc) is 1.86. The molecule has 4 heteroatoms. The average molecular weight is 158 g/mol. The molecule has 0 amide bonds. The van der Waals surface area contributed by atoms with Crippen LogP contribution in [0.4, 0.5) is 13.2 Å². The lowest BCUT2D eigenvalue weighted by atomic mass is 10.2. The van der Waals surface area contributed by atoms with E-state index in [1.807, 2.05) is 6.07 Å². The van der Waals surface area contributed by atoms with Gasteiger partial charge in [-0.2, -0.15) is 13.2 Å². The summed E-state index contributed by atoms with van der Waals surface area (Å²) in [6.07, 6.45) is -0.364. The second-order valence-electron chi connectivity index (χ2n) is 1.96. The number of hydrogen-bond donors (Lipinski definition) is 0. The van der Waals surface area contributed by atoms with Crippen LogP contribution in [0.2, 0.25) is 0 Å². The molecule has 0 saturated carbocycles. The third-order valence-corrected chi connectivity index (χ3v) is 0.987. The smallest absolute Gasteiger partial charge is 0.244 e. The molecule has 0 spiro atoms. The summed E-state index contributed by atoms with van der Waals surface area (Å²) in [4.78, 5) is 3.15. The number of pyridine rings is 1. The van der Waals surface area contributed by atoms with Gasteiger partial charge in [-0.05, 0) is 12.5 Å². The van der Waals surface area contributed by atoms with Gasteiger partial charge in [0.05, 0.1) is 11.8 Å². The van der Waals surface area contributed by atoms with Crippen LogP contribution in [0.1, 0.15) is 11.1 Å². The van der Waals surface area contributed by atoms with Gasteiger partial charge >= 0.3 is 6.18 Å². The van der Waals surface area contributed by atoms with Crippen molar-refractivity contribution in [1.29, 1.82) is 0 Å². The van der Waals surface area contributed by atoms with Crippen LogP contribution in [0.5, 0.6) is 0 Å². The molecule has 1 aromatic heterocycles. The molecule has 1 aromatic rings. The summed E-state index contributed by atoms with van der Waals surface area (Å²) in [6, 6.07) is 2.05. The molecule has 0 aliphatic heterocycles. The summed E-state index contributed by atoms with van der Waals surface area (Å²) in [5, 5.41) is 0. The van der Waals surface area contributed by atoms with Crippen molar-refractivity contribution < 1.29 is 13.2 Å². The van der Waals surface area contributed by atoms with E-state index in [1.165, 1.54) is 6.92 Å². The zero-order valence-corrected chi connectivity index (χ0v) is 5.58. The highest BCUT2D eigenvalue weighted by Crippen LogP contribution is 2.27. The number of hydrogen-bond acceptors (Lipinski definition) is 1. The second-order valence-corrected chi connectivity index (χ2v) is 1.96. The molecule has 3 radical (unpaired) electrons. The van der Waals surface area contributed by atoms with Crippen molar-refractivity contribution in [2.75, 3.05) is 0 Å². The topological polar surface area (TPSA) is 12.9 Å². The quantitative estimate of drug-likeness (QED) is 0.561. The highest BCUT2D eigenvalue weighted by Gasteiger charge is 2.31. The molecular weight excluding hydrogens is 155 g/mol. The van der Waals surface area contributed by atoms with E-state index in [2.05, 4.69) is 11.2 Å². The first kappa shape index (κ1) is 8.04. The zero-order valence-electron chi connectivity index (χ0n) is 5.58. The Bertz CT molecular complexity index is 254. The van der Waals surface area contributed by atoms with E-state index in [4.69, 9.17) is 0 Å². The Morgan fingerprint density at radius 3 is 2.27 bits per heavy atom. The van der Waals surface area contributed by atoms with Gasteiger partial charge < -0.3 is 0 Å². The van der Waals surface area contributed by atoms with Gasteiger partial charge in [0.25, 0.3) is 0 Å². The Labute approximate surface area is 61.9 Å². The van der Waals surface area contributed by atoms with Crippen molar-refractivity contribution in [2.24, 2.45) is 0 Å². The first-order chi connectivity index (χ1) is 5.00. The maximum absolute atomic E-state index is 11.9. The molecule has 0 fully saturated rings. The van der Waals surface area contributed by atoms with Gasteiger partial charge in [-0.1, -0.05) is 0 Å². The Morgan fingerprint density at radius 2 is 1.91 bits per heavy atom. The van der Waals surface area contributed by atoms with Crippen LogP contribution in [0.3, 0.4) is 0 Å². The molecule has 0 saturated heterocycles. The fraction of sp³-hybridized carbons (Fsp3) is 0.286. The van der Waals surface area contributed by atoms with E-state index < -0.39 is 11.7 Å². The van der Waals surface area contributed by atoms with E-state index in [9.17, 15) is 13.2 Å². The number of aryl methyl sites for hydroxylation is 1. The molecule has 0 bridgehead atoms. The molecule has 0 aliphatic carbocycles. The molecule has 0 aromatic carbocycles. The molecule has 0 aliphatic rings. The van der Waals surface area contributed by atoms with Crippen LogP contribution in [0, 0.1) is 25.4 Å². The van der Waals surface area contributed by atoms with Gasteiger partial charge in [-0.15, -0.1) is 0 Å². The van der Waals surface area contributed by atoms with E-state index in [0.29, 0.717) is 0 Å². The Hall–Kier alpha value is -1.06. The number of rotatable bonds is 0. The van der Waals surface area contributed by atoms with Crippen LogP contribution >= 0.6 is 0 Å². The monoisotopic (exact) mass is 158 g/mol. The van der Waals surface area contributed by atoms with Crippen LogP contribution in [-0.2, 0) is 6.18 Å². The second kappa shape index (κ2) is 2.53. The van der Waals surface area contributed by atoms with Crippen LogP contribution in [0.15, 0.2) is 0 Å². The number of halogens is 3. The molecule has 0 atom stereocenters. The van der Waals surface area contributed by atoms with Gasteiger partial charge in [-0.3, -0.25) is 0 Å². The van der Waals surface area contributed by atoms with E-state index in [1.54, 1.807) is 6.20 Å². The van der Waals surface area contributed by atoms with Crippen molar-refractivity contribution in [3.63, 3.8) is 0 Å². The lowest BCUT2D eigenvalue weighted by molar-refractivity contribution is -0.138. The summed E-state index contributed by atoms with van der Waals surface area (Å²) in [6.45, 7) is 1.44. The highest BCUT2D eigenvalue weighted by molar-refractivity contribution is 5.15. The van der Waals surface area contributed by atoms with Crippen molar-refractivity contribution in [1.82, 2.24) is 4.98 Å². The zero-order chi connectivity index (χ0) is 8.48. The van der Waals surface area contributed by atoms with E-state index in [-0.39, 0.29) is 5.56 Å². The normalized spacial score (nSPS) is 11.6. The molecule has 57 valence electrons. The maximum atomic E-state index is 11.9. The Balaban J connectivity index is 3.06. The highest BCUT2D eigenvalue weighted by atomic mass is 19.4. The minimum atomic E-state index is -4.41. The standard InChI is InChI=1S/C7H3F3N/c1-5-2-6(4-11-3-5)7(8,9)10/h1H3. The summed E-state index contributed by atoms with van der Waals surface area (Å²) in [7, 11) is 0. The molecule has 0 unspecified atom stereocenters. The van der Waals surface area contributed by atoms with Crippen molar-refractivity contribution in [3.05, 3.63) is 29.6 Å². The SMILES string of the molecule is Cc1[c]n[c]c(C(F)(F)F)[c]1. The molecular formula is C7H3F3N. The summed E-state index contributed by atoms with van der Waals surface area (Å²) < 4.78 is 35.6. The molecule has 1 nitrogen and oxygen atoms in total. The maximum Gasteiger partial charge on any atom is 0.419 e. The van der Waals surface area contributed by atoms with Crippen LogP contribution < -0.4 is 0 Å². The van der Waals surface area contributed by atoms with E-state index >= 15 is 0 Å². The van der Waals surface area contributed by atoms with Crippen molar-refractivity contribution in [2.45, 2.75) is 13.1 Å². The Morgan fingerprint density at radius 1 is 1.27 bits per heavy atom.